The smallest absolute Gasteiger partial charge is 0.248 e. The van der Waals surface area contributed by atoms with E-state index in [-0.39, 0.29) is 11.8 Å². The number of primary amides is 1. The molecule has 27 heavy (non-hydrogen) atoms. The molecule has 1 aromatic carbocycles. The first-order valence-electron chi connectivity index (χ1n) is 9.21. The summed E-state index contributed by atoms with van der Waals surface area (Å²) >= 11 is 0. The zero-order valence-electron chi connectivity index (χ0n) is 16.2. The molecule has 0 radical (unpaired) electrons. The fourth-order valence-corrected chi connectivity index (χ4v) is 2.54. The first-order chi connectivity index (χ1) is 13.0. The Labute approximate surface area is 160 Å². The lowest BCUT2D eigenvalue weighted by Gasteiger charge is -2.11. The number of amides is 3. The van der Waals surface area contributed by atoms with Crippen molar-refractivity contribution in [2.45, 2.75) is 38.8 Å². The second-order valence-corrected chi connectivity index (χ2v) is 6.37. The molecule has 0 saturated carbocycles. The summed E-state index contributed by atoms with van der Waals surface area (Å²) in [5, 5.41) is 11.7. The Balaban J connectivity index is 2.64. The average molecular weight is 377 g/mol. The number of rotatable bonds is 13. The molecule has 0 aliphatic rings. The number of carbonyl (C=O) groups is 3. The van der Waals surface area contributed by atoms with Gasteiger partial charge in [-0.05, 0) is 63.3 Å². The van der Waals surface area contributed by atoms with Gasteiger partial charge in [0.05, 0.1) is 0 Å². The maximum absolute atomic E-state index is 11.8. The highest BCUT2D eigenvalue weighted by molar-refractivity contribution is 5.93. The van der Waals surface area contributed by atoms with E-state index in [2.05, 4.69) is 21.3 Å². The topological polar surface area (TPSA) is 125 Å². The van der Waals surface area contributed by atoms with E-state index in [9.17, 15) is 14.4 Å². The molecule has 150 valence electrons. The third kappa shape index (κ3) is 9.72. The molecule has 0 aromatic heterocycles. The van der Waals surface area contributed by atoms with Gasteiger partial charge in [-0.15, -0.1) is 0 Å². The molecule has 0 atom stereocenters. The van der Waals surface area contributed by atoms with Crippen LogP contribution in [0, 0.1) is 0 Å². The van der Waals surface area contributed by atoms with E-state index in [1.54, 1.807) is 12.1 Å². The third-order valence-corrected chi connectivity index (χ3v) is 3.98. The molecule has 6 N–H and O–H groups in total. The molecule has 3 amide bonds. The molecule has 0 unspecified atom stereocenters. The minimum absolute atomic E-state index is 0.0471. The van der Waals surface area contributed by atoms with E-state index < -0.39 is 5.91 Å². The number of hydrogen-bond acceptors (Lipinski definition) is 5. The van der Waals surface area contributed by atoms with Gasteiger partial charge in [-0.3, -0.25) is 14.4 Å². The van der Waals surface area contributed by atoms with E-state index in [4.69, 9.17) is 5.73 Å². The Morgan fingerprint density at radius 2 is 1.26 bits per heavy atom. The minimum Gasteiger partial charge on any atom is -0.366 e. The zero-order valence-corrected chi connectivity index (χ0v) is 16.2. The van der Waals surface area contributed by atoms with Crippen LogP contribution in [0.25, 0.3) is 0 Å². The second-order valence-electron chi connectivity index (χ2n) is 6.37. The highest BCUT2D eigenvalue weighted by Gasteiger charge is 2.08. The Morgan fingerprint density at radius 1 is 0.815 bits per heavy atom. The third-order valence-electron chi connectivity index (χ3n) is 3.98. The lowest BCUT2D eigenvalue weighted by molar-refractivity contribution is -0.122. The Kier molecular flexibility index (Phi) is 10.7. The summed E-state index contributed by atoms with van der Waals surface area (Å²) in [5.74, 6) is -0.637. The van der Waals surface area contributed by atoms with Crippen LogP contribution in [-0.2, 0) is 22.7 Å². The number of carbonyl (C=O) groups excluding carboxylic acids is 3. The van der Waals surface area contributed by atoms with Crippen molar-refractivity contribution in [3.05, 3.63) is 34.9 Å². The monoisotopic (exact) mass is 377 g/mol. The molecule has 8 nitrogen and oxygen atoms in total. The molecule has 0 aliphatic heterocycles. The quantitative estimate of drug-likeness (QED) is 0.310. The summed E-state index contributed by atoms with van der Waals surface area (Å²) < 4.78 is 0. The second kappa shape index (κ2) is 12.8. The molecule has 0 fully saturated rings. The molecule has 0 bridgehead atoms. The molecule has 0 saturated heterocycles. The minimum atomic E-state index is -0.543. The predicted octanol–water partition coefficient (Wildman–Crippen LogP) is 0.0171. The highest BCUT2D eigenvalue weighted by atomic mass is 16.2. The fraction of sp³-hybridized carbons (Fsp3) is 0.526. The zero-order chi connectivity index (χ0) is 20.1. The summed E-state index contributed by atoms with van der Waals surface area (Å²) in [5.41, 5.74) is 7.30. The van der Waals surface area contributed by atoms with Crippen molar-refractivity contribution >= 4 is 17.7 Å². The normalized spacial score (nSPS) is 10.4. The van der Waals surface area contributed by atoms with Crippen LogP contribution >= 0.6 is 0 Å². The molecule has 1 aromatic rings. The number of nitrogens with two attached hydrogens (primary N) is 1. The van der Waals surface area contributed by atoms with Gasteiger partial charge >= 0.3 is 0 Å². The summed E-state index contributed by atoms with van der Waals surface area (Å²) in [6.45, 7) is 2.18. The SMILES string of the molecule is CNCCCC(=O)NCc1cc(CNC(=O)CCCNC)cc(C(N)=O)c1. The Hall–Kier alpha value is -2.45. The van der Waals surface area contributed by atoms with E-state index in [1.807, 2.05) is 20.2 Å². The van der Waals surface area contributed by atoms with Crippen molar-refractivity contribution < 1.29 is 14.4 Å². The lowest BCUT2D eigenvalue weighted by Crippen LogP contribution is -2.25. The van der Waals surface area contributed by atoms with Crippen molar-refractivity contribution in [3.8, 4) is 0 Å². The van der Waals surface area contributed by atoms with E-state index >= 15 is 0 Å². The average Bonchev–Trinajstić information content (AvgIpc) is 2.65. The molecular weight excluding hydrogens is 346 g/mol. The Morgan fingerprint density at radius 3 is 1.63 bits per heavy atom. The van der Waals surface area contributed by atoms with Crippen molar-refractivity contribution in [1.82, 2.24) is 21.3 Å². The highest BCUT2D eigenvalue weighted by Crippen LogP contribution is 2.11. The summed E-state index contributed by atoms with van der Waals surface area (Å²) in [6, 6.07) is 5.18. The van der Waals surface area contributed by atoms with Gasteiger partial charge in [0.2, 0.25) is 17.7 Å². The van der Waals surface area contributed by atoms with Crippen LogP contribution in [0.4, 0.5) is 0 Å². The van der Waals surface area contributed by atoms with E-state index in [0.29, 0.717) is 31.5 Å². The lowest BCUT2D eigenvalue weighted by atomic mass is 10.0. The first kappa shape index (κ1) is 22.6. The van der Waals surface area contributed by atoms with Crippen LogP contribution in [0.5, 0.6) is 0 Å². The van der Waals surface area contributed by atoms with Crippen LogP contribution < -0.4 is 27.0 Å². The van der Waals surface area contributed by atoms with Gasteiger partial charge in [0.25, 0.3) is 0 Å². The number of hydrogen-bond donors (Lipinski definition) is 5. The number of nitrogens with one attached hydrogen (secondary N) is 4. The maximum Gasteiger partial charge on any atom is 0.248 e. The Bertz CT molecular complexity index is 590. The number of benzene rings is 1. The first-order valence-corrected chi connectivity index (χ1v) is 9.21. The van der Waals surface area contributed by atoms with Gasteiger partial charge in [0.15, 0.2) is 0 Å². The van der Waals surface area contributed by atoms with Crippen LogP contribution in [-0.4, -0.2) is 44.9 Å². The van der Waals surface area contributed by atoms with Crippen LogP contribution in [0.15, 0.2) is 18.2 Å². The van der Waals surface area contributed by atoms with Crippen LogP contribution in [0.1, 0.15) is 47.2 Å². The summed E-state index contributed by atoms with van der Waals surface area (Å²) in [6.07, 6.45) is 2.39. The van der Waals surface area contributed by atoms with E-state index in [1.165, 1.54) is 0 Å². The molecule has 0 spiro atoms. The van der Waals surface area contributed by atoms with E-state index in [0.717, 1.165) is 37.1 Å². The molecular formula is C19H31N5O3. The van der Waals surface area contributed by atoms with Crippen molar-refractivity contribution in [3.63, 3.8) is 0 Å². The standard InChI is InChI=1S/C19H31N5O3/c1-21-7-3-5-17(25)23-12-14-9-15(11-16(10-14)19(20)27)13-24-18(26)6-4-8-22-2/h9-11,21-22H,3-8,12-13H2,1-2H3,(H2,20,27)(H,23,25)(H,24,26). The molecule has 1 rings (SSSR count). The van der Waals surface area contributed by atoms with Gasteiger partial charge in [-0.25, -0.2) is 0 Å². The molecule has 0 aliphatic carbocycles. The van der Waals surface area contributed by atoms with Crippen molar-refractivity contribution in [2.24, 2.45) is 5.73 Å². The fourth-order valence-electron chi connectivity index (χ4n) is 2.54. The maximum atomic E-state index is 11.8. The largest absolute Gasteiger partial charge is 0.366 e. The summed E-state index contributed by atoms with van der Waals surface area (Å²) in [4.78, 5) is 35.2. The van der Waals surface area contributed by atoms with Gasteiger partial charge in [-0.2, -0.15) is 0 Å². The molecule has 0 heterocycles. The molecule has 8 heteroatoms. The van der Waals surface area contributed by atoms with Gasteiger partial charge in [0.1, 0.15) is 0 Å². The van der Waals surface area contributed by atoms with Crippen LogP contribution in [0.2, 0.25) is 0 Å². The van der Waals surface area contributed by atoms with Crippen molar-refractivity contribution in [1.29, 1.82) is 0 Å². The predicted molar refractivity (Wildman–Crippen MR) is 105 cm³/mol. The van der Waals surface area contributed by atoms with Crippen LogP contribution in [0.3, 0.4) is 0 Å². The van der Waals surface area contributed by atoms with Gasteiger partial charge < -0.3 is 27.0 Å². The summed E-state index contributed by atoms with van der Waals surface area (Å²) in [7, 11) is 3.68. The van der Waals surface area contributed by atoms with Crippen molar-refractivity contribution in [2.75, 3.05) is 27.2 Å². The van der Waals surface area contributed by atoms with Gasteiger partial charge in [-0.1, -0.05) is 6.07 Å². The van der Waals surface area contributed by atoms with Gasteiger partial charge in [0, 0.05) is 31.5 Å².